The van der Waals surface area contributed by atoms with Crippen LogP contribution in [0.25, 0.3) is 0 Å². The summed E-state index contributed by atoms with van der Waals surface area (Å²) >= 11 is 9.49. The lowest BCUT2D eigenvalue weighted by Gasteiger charge is -2.32. The summed E-state index contributed by atoms with van der Waals surface area (Å²) in [6, 6.07) is 22.5. The van der Waals surface area contributed by atoms with Crippen LogP contribution in [0.1, 0.15) is 42.4 Å². The zero-order valence-corrected chi connectivity index (χ0v) is 23.3. The Labute approximate surface area is 232 Å². The molecule has 2 amide bonds. The summed E-state index contributed by atoms with van der Waals surface area (Å²) in [6.45, 7) is 2.13. The van der Waals surface area contributed by atoms with Gasteiger partial charge in [-0.15, -0.1) is 0 Å². The van der Waals surface area contributed by atoms with Crippen molar-refractivity contribution < 1.29 is 14.3 Å². The molecule has 1 saturated carbocycles. The maximum Gasteiger partial charge on any atom is 0.261 e. The molecule has 1 atom stereocenters. The van der Waals surface area contributed by atoms with Gasteiger partial charge in [0.1, 0.15) is 11.8 Å². The molecule has 194 valence electrons. The zero-order chi connectivity index (χ0) is 26.2. The number of hydrogen-bond donors (Lipinski definition) is 1. The fourth-order valence-electron chi connectivity index (χ4n) is 4.74. The van der Waals surface area contributed by atoms with Gasteiger partial charge in [0.2, 0.25) is 5.91 Å². The second-order valence-corrected chi connectivity index (χ2v) is 10.9. The maximum absolute atomic E-state index is 13.7. The van der Waals surface area contributed by atoms with Crippen molar-refractivity contribution in [1.82, 2.24) is 10.2 Å². The summed E-state index contributed by atoms with van der Waals surface area (Å²) in [6.07, 6.45) is 4.60. The van der Waals surface area contributed by atoms with Crippen LogP contribution in [0.5, 0.6) is 5.75 Å². The van der Waals surface area contributed by atoms with E-state index in [9.17, 15) is 9.59 Å². The SMILES string of the molecule is Cc1cccc(CN(C(=O)COc2ccc(Cl)cc2Br)[C@H](Cc2ccccc2)C(=O)NC2CCCC2)c1. The molecule has 0 spiro atoms. The van der Waals surface area contributed by atoms with E-state index in [1.807, 2.05) is 61.5 Å². The molecule has 4 rings (SSSR count). The first kappa shape index (κ1) is 27.2. The number of amides is 2. The standard InChI is InChI=1S/C30H32BrClN2O3/c1-21-8-7-11-23(16-21)19-34(29(35)20-37-28-15-14-24(32)18-26(28)31)27(17-22-9-3-2-4-10-22)30(36)33-25-12-5-6-13-25/h2-4,7-11,14-16,18,25,27H,5-6,12-13,17,19-20H2,1H3,(H,33,36)/t27-/m1/s1. The monoisotopic (exact) mass is 582 g/mol. The van der Waals surface area contributed by atoms with E-state index in [0.29, 0.717) is 28.2 Å². The van der Waals surface area contributed by atoms with E-state index in [1.165, 1.54) is 0 Å². The van der Waals surface area contributed by atoms with Crippen molar-refractivity contribution in [3.05, 3.63) is 99.0 Å². The Morgan fingerprint density at radius 3 is 2.46 bits per heavy atom. The Bertz CT molecular complexity index is 1210. The quantitative estimate of drug-likeness (QED) is 0.297. The Kier molecular flexibility index (Phi) is 9.64. The number of carbonyl (C=O) groups excluding carboxylic acids is 2. The Morgan fingerprint density at radius 2 is 1.76 bits per heavy atom. The summed E-state index contributed by atoms with van der Waals surface area (Å²) in [5, 5.41) is 3.79. The molecule has 37 heavy (non-hydrogen) atoms. The molecule has 0 bridgehead atoms. The highest BCUT2D eigenvalue weighted by Gasteiger charge is 2.32. The highest BCUT2D eigenvalue weighted by molar-refractivity contribution is 9.10. The number of nitrogens with one attached hydrogen (secondary N) is 1. The third kappa shape index (κ3) is 7.83. The first-order valence-corrected chi connectivity index (χ1v) is 13.8. The van der Waals surface area contributed by atoms with Crippen molar-refractivity contribution in [2.24, 2.45) is 0 Å². The van der Waals surface area contributed by atoms with Gasteiger partial charge in [0.05, 0.1) is 4.47 Å². The molecule has 7 heteroatoms. The smallest absolute Gasteiger partial charge is 0.261 e. The van der Waals surface area contributed by atoms with Crippen molar-refractivity contribution in [2.45, 2.75) is 57.7 Å². The molecule has 0 heterocycles. The van der Waals surface area contributed by atoms with Crippen LogP contribution >= 0.6 is 27.5 Å². The first-order chi connectivity index (χ1) is 17.9. The highest BCUT2D eigenvalue weighted by atomic mass is 79.9. The average Bonchev–Trinajstić information content (AvgIpc) is 3.39. The van der Waals surface area contributed by atoms with E-state index in [-0.39, 0.29) is 24.5 Å². The van der Waals surface area contributed by atoms with E-state index in [4.69, 9.17) is 16.3 Å². The normalized spacial score (nSPS) is 14.2. The number of halogens is 2. The molecule has 1 aliphatic carbocycles. The topological polar surface area (TPSA) is 58.6 Å². The van der Waals surface area contributed by atoms with Crippen LogP contribution in [-0.2, 0) is 22.6 Å². The van der Waals surface area contributed by atoms with Crippen LogP contribution in [-0.4, -0.2) is 35.4 Å². The fraction of sp³-hybridized carbons (Fsp3) is 0.333. The lowest BCUT2D eigenvalue weighted by Crippen LogP contribution is -2.53. The Morgan fingerprint density at radius 1 is 1.03 bits per heavy atom. The average molecular weight is 584 g/mol. The van der Waals surface area contributed by atoms with Crippen molar-refractivity contribution in [3.63, 3.8) is 0 Å². The molecular formula is C30H32BrClN2O3. The van der Waals surface area contributed by atoms with Crippen LogP contribution in [0.4, 0.5) is 0 Å². The Balaban J connectivity index is 1.62. The second-order valence-electron chi connectivity index (χ2n) is 9.57. The number of hydrogen-bond acceptors (Lipinski definition) is 3. The van der Waals surface area contributed by atoms with Crippen LogP contribution < -0.4 is 10.1 Å². The molecule has 0 unspecified atom stereocenters. The van der Waals surface area contributed by atoms with Gasteiger partial charge < -0.3 is 15.0 Å². The number of benzene rings is 3. The minimum absolute atomic E-state index is 0.121. The molecule has 5 nitrogen and oxygen atoms in total. The number of ether oxygens (including phenoxy) is 1. The minimum atomic E-state index is -0.673. The van der Waals surface area contributed by atoms with Gasteiger partial charge >= 0.3 is 0 Å². The minimum Gasteiger partial charge on any atom is -0.483 e. The predicted octanol–water partition coefficient (Wildman–Crippen LogP) is 6.49. The van der Waals surface area contributed by atoms with Crippen LogP contribution in [0, 0.1) is 6.92 Å². The van der Waals surface area contributed by atoms with E-state index in [1.54, 1.807) is 23.1 Å². The van der Waals surface area contributed by atoms with Crippen molar-refractivity contribution in [1.29, 1.82) is 0 Å². The zero-order valence-electron chi connectivity index (χ0n) is 21.0. The van der Waals surface area contributed by atoms with E-state index < -0.39 is 6.04 Å². The number of nitrogens with zero attached hydrogens (tertiary/aromatic N) is 1. The molecule has 3 aromatic carbocycles. The molecule has 3 aromatic rings. The summed E-state index contributed by atoms with van der Waals surface area (Å²) in [5.41, 5.74) is 3.06. The van der Waals surface area contributed by atoms with Crippen LogP contribution in [0.2, 0.25) is 5.02 Å². The van der Waals surface area contributed by atoms with Crippen molar-refractivity contribution in [2.75, 3.05) is 6.61 Å². The molecule has 0 aliphatic heterocycles. The van der Waals surface area contributed by atoms with E-state index in [0.717, 1.165) is 42.4 Å². The van der Waals surface area contributed by atoms with Gasteiger partial charge in [-0.2, -0.15) is 0 Å². The van der Waals surface area contributed by atoms with Gasteiger partial charge in [-0.05, 0) is 65.0 Å². The third-order valence-electron chi connectivity index (χ3n) is 6.65. The van der Waals surface area contributed by atoms with E-state index in [2.05, 4.69) is 21.2 Å². The first-order valence-electron chi connectivity index (χ1n) is 12.7. The van der Waals surface area contributed by atoms with Gasteiger partial charge in [-0.25, -0.2) is 0 Å². The molecular weight excluding hydrogens is 552 g/mol. The predicted molar refractivity (Wildman–Crippen MR) is 151 cm³/mol. The summed E-state index contributed by atoms with van der Waals surface area (Å²) in [7, 11) is 0. The second kappa shape index (κ2) is 13.1. The molecule has 1 aliphatic rings. The lowest BCUT2D eigenvalue weighted by molar-refractivity contribution is -0.143. The Hall–Kier alpha value is -2.83. The largest absolute Gasteiger partial charge is 0.483 e. The van der Waals surface area contributed by atoms with Crippen molar-refractivity contribution >= 4 is 39.3 Å². The molecule has 0 aromatic heterocycles. The lowest BCUT2D eigenvalue weighted by atomic mass is 10.0. The van der Waals surface area contributed by atoms with Gasteiger partial charge in [0.25, 0.3) is 5.91 Å². The molecule has 1 N–H and O–H groups in total. The van der Waals surface area contributed by atoms with E-state index >= 15 is 0 Å². The van der Waals surface area contributed by atoms with Gasteiger partial charge in [-0.1, -0.05) is 84.6 Å². The summed E-state index contributed by atoms with van der Waals surface area (Å²) in [5.74, 6) is 0.138. The summed E-state index contributed by atoms with van der Waals surface area (Å²) in [4.78, 5) is 29.1. The maximum atomic E-state index is 13.7. The summed E-state index contributed by atoms with van der Waals surface area (Å²) < 4.78 is 6.55. The number of rotatable bonds is 10. The molecule has 0 radical (unpaired) electrons. The van der Waals surface area contributed by atoms with Gasteiger partial charge in [0, 0.05) is 24.0 Å². The fourth-order valence-corrected chi connectivity index (χ4v) is 5.54. The highest BCUT2D eigenvalue weighted by Crippen LogP contribution is 2.28. The number of aryl methyl sites for hydroxylation is 1. The van der Waals surface area contributed by atoms with Crippen LogP contribution in [0.15, 0.2) is 77.3 Å². The van der Waals surface area contributed by atoms with Gasteiger partial charge in [0.15, 0.2) is 6.61 Å². The van der Waals surface area contributed by atoms with Gasteiger partial charge in [-0.3, -0.25) is 9.59 Å². The third-order valence-corrected chi connectivity index (χ3v) is 7.51. The molecule has 0 saturated heterocycles. The molecule has 1 fully saturated rings. The number of carbonyl (C=O) groups is 2. The van der Waals surface area contributed by atoms with Crippen LogP contribution in [0.3, 0.4) is 0 Å². The van der Waals surface area contributed by atoms with Crippen molar-refractivity contribution in [3.8, 4) is 5.75 Å².